The molecule has 0 amide bonds. The zero-order valence-electron chi connectivity index (χ0n) is 11.4. The average molecular weight is 277 g/mol. The summed E-state index contributed by atoms with van der Waals surface area (Å²) in [5.74, 6) is -1.17. The lowest BCUT2D eigenvalue weighted by molar-refractivity contribution is 0.0690. The number of benzene rings is 2. The molecule has 2 atom stereocenters. The summed E-state index contributed by atoms with van der Waals surface area (Å²) in [4.78, 5) is 0. The van der Waals surface area contributed by atoms with Gasteiger partial charge in [0.25, 0.3) is 0 Å². The van der Waals surface area contributed by atoms with E-state index in [-0.39, 0.29) is 6.10 Å². The molecule has 1 N–H and O–H groups in total. The molecule has 20 heavy (non-hydrogen) atoms. The smallest absolute Gasteiger partial charge is 0.131 e. The van der Waals surface area contributed by atoms with E-state index in [1.807, 2.05) is 30.3 Å². The largest absolute Gasteiger partial charge is 0.375 e. The number of hydrogen-bond donors (Lipinski definition) is 1. The quantitative estimate of drug-likeness (QED) is 0.901. The Morgan fingerprint density at radius 3 is 2.30 bits per heavy atom. The molecule has 0 aliphatic carbocycles. The van der Waals surface area contributed by atoms with Gasteiger partial charge in [-0.25, -0.2) is 8.78 Å². The van der Waals surface area contributed by atoms with Crippen molar-refractivity contribution in [2.75, 3.05) is 14.2 Å². The van der Waals surface area contributed by atoms with Gasteiger partial charge in [-0.05, 0) is 18.7 Å². The van der Waals surface area contributed by atoms with Crippen LogP contribution in [0.3, 0.4) is 0 Å². The molecule has 0 aliphatic heterocycles. The van der Waals surface area contributed by atoms with Gasteiger partial charge >= 0.3 is 0 Å². The second-order valence-corrected chi connectivity index (χ2v) is 4.50. The summed E-state index contributed by atoms with van der Waals surface area (Å²) >= 11 is 0. The van der Waals surface area contributed by atoms with Crippen molar-refractivity contribution in [3.8, 4) is 0 Å². The van der Waals surface area contributed by atoms with E-state index in [9.17, 15) is 8.78 Å². The fourth-order valence-corrected chi connectivity index (χ4v) is 2.33. The molecular weight excluding hydrogens is 260 g/mol. The van der Waals surface area contributed by atoms with Crippen LogP contribution in [0.2, 0.25) is 0 Å². The van der Waals surface area contributed by atoms with Crippen molar-refractivity contribution in [2.45, 2.75) is 12.1 Å². The van der Waals surface area contributed by atoms with Crippen LogP contribution in [0.4, 0.5) is 8.78 Å². The lowest BCUT2D eigenvalue weighted by atomic mass is 9.95. The SMILES string of the molecule is CNC(c1ccc(F)cc1F)C(OC)c1ccccc1. The lowest BCUT2D eigenvalue weighted by Crippen LogP contribution is -2.26. The molecule has 0 aliphatic rings. The zero-order chi connectivity index (χ0) is 14.5. The molecule has 106 valence electrons. The monoisotopic (exact) mass is 277 g/mol. The van der Waals surface area contributed by atoms with Crippen LogP contribution in [-0.4, -0.2) is 14.2 Å². The van der Waals surface area contributed by atoms with Gasteiger partial charge in [-0.1, -0.05) is 36.4 Å². The first-order valence-corrected chi connectivity index (χ1v) is 6.37. The van der Waals surface area contributed by atoms with Crippen molar-refractivity contribution >= 4 is 0 Å². The minimum atomic E-state index is -0.588. The molecule has 0 heterocycles. The lowest BCUT2D eigenvalue weighted by Gasteiger charge is -2.27. The molecule has 0 saturated heterocycles. The standard InChI is InChI=1S/C16H17F2NO/c1-19-15(13-9-8-12(17)10-14(13)18)16(20-2)11-6-4-3-5-7-11/h3-10,15-16,19H,1-2H3. The van der Waals surface area contributed by atoms with Crippen molar-refractivity contribution in [1.29, 1.82) is 0 Å². The Morgan fingerprint density at radius 1 is 1.05 bits per heavy atom. The van der Waals surface area contributed by atoms with E-state index in [4.69, 9.17) is 4.74 Å². The highest BCUT2D eigenvalue weighted by Gasteiger charge is 2.25. The maximum atomic E-state index is 14.0. The van der Waals surface area contributed by atoms with Crippen LogP contribution in [0.15, 0.2) is 48.5 Å². The Hall–Kier alpha value is -1.78. The van der Waals surface area contributed by atoms with Gasteiger partial charge in [0, 0.05) is 18.7 Å². The predicted octanol–water partition coefficient (Wildman–Crippen LogP) is 3.61. The number of likely N-dealkylation sites (N-methyl/N-ethyl adjacent to an activating group) is 1. The molecule has 0 aromatic heterocycles. The van der Waals surface area contributed by atoms with Crippen LogP contribution in [0.25, 0.3) is 0 Å². The highest BCUT2D eigenvalue weighted by atomic mass is 19.1. The van der Waals surface area contributed by atoms with Gasteiger partial charge in [0.05, 0.1) is 6.04 Å². The van der Waals surface area contributed by atoms with Gasteiger partial charge < -0.3 is 10.1 Å². The summed E-state index contributed by atoms with van der Waals surface area (Å²) in [6.45, 7) is 0. The van der Waals surface area contributed by atoms with Crippen LogP contribution < -0.4 is 5.32 Å². The van der Waals surface area contributed by atoms with Gasteiger partial charge in [-0.2, -0.15) is 0 Å². The van der Waals surface area contributed by atoms with Crippen LogP contribution in [0.5, 0.6) is 0 Å². The molecule has 4 heteroatoms. The minimum absolute atomic E-state index is 0.360. The van der Waals surface area contributed by atoms with Gasteiger partial charge in [0.1, 0.15) is 17.7 Å². The molecule has 0 fully saturated rings. The number of ether oxygens (including phenoxy) is 1. The van der Waals surface area contributed by atoms with Crippen LogP contribution in [-0.2, 0) is 4.74 Å². The van der Waals surface area contributed by atoms with E-state index in [1.54, 1.807) is 14.2 Å². The normalized spacial score (nSPS) is 14.0. The second kappa shape index (κ2) is 6.59. The highest BCUT2D eigenvalue weighted by Crippen LogP contribution is 2.32. The molecule has 2 unspecified atom stereocenters. The zero-order valence-corrected chi connectivity index (χ0v) is 11.4. The molecule has 2 aromatic rings. The summed E-state index contributed by atoms with van der Waals surface area (Å²) in [5.41, 5.74) is 1.31. The second-order valence-electron chi connectivity index (χ2n) is 4.50. The van der Waals surface area contributed by atoms with Crippen molar-refractivity contribution < 1.29 is 13.5 Å². The number of hydrogen-bond acceptors (Lipinski definition) is 2. The molecule has 0 saturated carbocycles. The minimum Gasteiger partial charge on any atom is -0.375 e. The number of rotatable bonds is 5. The van der Waals surface area contributed by atoms with E-state index in [0.29, 0.717) is 5.56 Å². The molecule has 2 rings (SSSR count). The third-order valence-electron chi connectivity index (χ3n) is 3.29. The first-order valence-electron chi connectivity index (χ1n) is 6.37. The fourth-order valence-electron chi connectivity index (χ4n) is 2.33. The van der Waals surface area contributed by atoms with E-state index in [2.05, 4.69) is 5.32 Å². The summed E-state index contributed by atoms with van der Waals surface area (Å²) < 4.78 is 32.5. The topological polar surface area (TPSA) is 21.3 Å². The first-order chi connectivity index (χ1) is 9.67. The Kier molecular flexibility index (Phi) is 4.82. The van der Waals surface area contributed by atoms with Gasteiger partial charge in [0.2, 0.25) is 0 Å². The van der Waals surface area contributed by atoms with E-state index >= 15 is 0 Å². The Labute approximate surface area is 117 Å². The number of methoxy groups -OCH3 is 1. The third kappa shape index (κ3) is 3.03. The van der Waals surface area contributed by atoms with Crippen LogP contribution in [0.1, 0.15) is 23.3 Å². The van der Waals surface area contributed by atoms with Crippen molar-refractivity contribution in [1.82, 2.24) is 5.32 Å². The Morgan fingerprint density at radius 2 is 1.75 bits per heavy atom. The third-order valence-corrected chi connectivity index (χ3v) is 3.29. The van der Waals surface area contributed by atoms with E-state index in [0.717, 1.165) is 11.6 Å². The predicted molar refractivity (Wildman–Crippen MR) is 74.4 cm³/mol. The molecule has 0 radical (unpaired) electrons. The summed E-state index contributed by atoms with van der Waals surface area (Å²) in [5, 5.41) is 3.04. The average Bonchev–Trinajstić information content (AvgIpc) is 2.46. The molecular formula is C16H17F2NO. The van der Waals surface area contributed by atoms with Crippen LogP contribution in [0, 0.1) is 11.6 Å². The Bertz CT molecular complexity index is 560. The van der Waals surface area contributed by atoms with Crippen LogP contribution >= 0.6 is 0 Å². The van der Waals surface area contributed by atoms with Crippen molar-refractivity contribution in [3.05, 3.63) is 71.3 Å². The molecule has 2 aromatic carbocycles. The summed E-state index contributed by atoms with van der Waals surface area (Å²) in [6, 6.07) is 12.7. The summed E-state index contributed by atoms with van der Waals surface area (Å²) in [7, 11) is 3.30. The van der Waals surface area contributed by atoms with E-state index < -0.39 is 17.7 Å². The Balaban J connectivity index is 2.39. The first kappa shape index (κ1) is 14.6. The maximum Gasteiger partial charge on any atom is 0.131 e. The van der Waals surface area contributed by atoms with E-state index in [1.165, 1.54) is 12.1 Å². The van der Waals surface area contributed by atoms with Gasteiger partial charge in [-0.15, -0.1) is 0 Å². The van der Waals surface area contributed by atoms with Crippen molar-refractivity contribution in [2.24, 2.45) is 0 Å². The highest BCUT2D eigenvalue weighted by molar-refractivity contribution is 5.28. The van der Waals surface area contributed by atoms with Gasteiger partial charge in [0.15, 0.2) is 0 Å². The molecule has 0 spiro atoms. The maximum absolute atomic E-state index is 14.0. The number of halogens is 2. The number of nitrogens with one attached hydrogen (secondary N) is 1. The van der Waals surface area contributed by atoms with Gasteiger partial charge in [-0.3, -0.25) is 0 Å². The molecule has 0 bridgehead atoms. The fraction of sp³-hybridized carbons (Fsp3) is 0.250. The molecule has 2 nitrogen and oxygen atoms in total. The van der Waals surface area contributed by atoms with Crippen molar-refractivity contribution in [3.63, 3.8) is 0 Å². The summed E-state index contributed by atoms with van der Waals surface area (Å²) in [6.07, 6.45) is -0.360.